The number of rotatable bonds is 8. The lowest BCUT2D eigenvalue weighted by Gasteiger charge is -2.09. The van der Waals surface area contributed by atoms with Crippen molar-refractivity contribution < 1.29 is 22.7 Å². The molecule has 0 fully saturated rings. The molecule has 0 aliphatic rings. The topological polar surface area (TPSA) is 126 Å². The molecule has 162 valence electrons. The first-order valence-corrected chi connectivity index (χ1v) is 11.0. The van der Waals surface area contributed by atoms with Crippen LogP contribution in [0.25, 0.3) is 10.9 Å². The number of hydrogen-bond donors (Lipinski definition) is 3. The van der Waals surface area contributed by atoms with E-state index in [1.807, 2.05) is 25.1 Å². The number of nitrogens with one attached hydrogen (secondary N) is 3. The molecular formula is C21H22N4O5S. The van der Waals surface area contributed by atoms with Gasteiger partial charge in [-0.2, -0.15) is 0 Å². The van der Waals surface area contributed by atoms with E-state index < -0.39 is 21.8 Å². The summed E-state index contributed by atoms with van der Waals surface area (Å²) in [5.74, 6) is -0.560. The quantitative estimate of drug-likeness (QED) is 0.457. The predicted octanol–water partition coefficient (Wildman–Crippen LogP) is 1.76. The Labute approximate surface area is 179 Å². The summed E-state index contributed by atoms with van der Waals surface area (Å²) in [5.41, 5.74) is 5.32. The van der Waals surface area contributed by atoms with Gasteiger partial charge >= 0.3 is 0 Å². The van der Waals surface area contributed by atoms with Gasteiger partial charge in [-0.15, -0.1) is 0 Å². The van der Waals surface area contributed by atoms with Crippen LogP contribution in [0.2, 0.25) is 0 Å². The second-order valence-electron chi connectivity index (χ2n) is 6.44. The SMILES string of the molecule is CCOc1ccc(S(=O)(=O)NCCC(=O)NNC(=O)c2ccc3ccccc3n2)cc1. The van der Waals surface area contributed by atoms with Crippen LogP contribution in [0.1, 0.15) is 23.8 Å². The van der Waals surface area contributed by atoms with Crippen LogP contribution in [0.4, 0.5) is 0 Å². The highest BCUT2D eigenvalue weighted by Crippen LogP contribution is 2.15. The van der Waals surface area contributed by atoms with E-state index in [2.05, 4.69) is 20.6 Å². The summed E-state index contributed by atoms with van der Waals surface area (Å²) < 4.78 is 32.2. The predicted molar refractivity (Wildman–Crippen MR) is 115 cm³/mol. The molecule has 2 aromatic carbocycles. The highest BCUT2D eigenvalue weighted by molar-refractivity contribution is 7.89. The Bertz CT molecular complexity index is 1180. The Hall–Kier alpha value is -3.50. The van der Waals surface area contributed by atoms with E-state index >= 15 is 0 Å². The number of fused-ring (bicyclic) bond motifs is 1. The van der Waals surface area contributed by atoms with Gasteiger partial charge in [-0.25, -0.2) is 18.1 Å². The second-order valence-corrected chi connectivity index (χ2v) is 8.21. The molecule has 31 heavy (non-hydrogen) atoms. The van der Waals surface area contributed by atoms with Crippen LogP contribution in [-0.2, 0) is 14.8 Å². The molecule has 3 rings (SSSR count). The van der Waals surface area contributed by atoms with Crippen molar-refractivity contribution in [3.05, 3.63) is 66.4 Å². The standard InChI is InChI=1S/C21H22N4O5S/c1-2-30-16-8-10-17(11-9-16)31(28,29)22-14-13-20(26)24-25-21(27)19-12-7-15-5-3-4-6-18(15)23-19/h3-12,22H,2,13-14H2,1H3,(H,24,26)(H,25,27). The summed E-state index contributed by atoms with van der Waals surface area (Å²) in [6, 6.07) is 16.6. The van der Waals surface area contributed by atoms with Gasteiger partial charge in [0.15, 0.2) is 0 Å². The number of sulfonamides is 1. The molecule has 1 heterocycles. The largest absolute Gasteiger partial charge is 0.494 e. The third kappa shape index (κ3) is 6.00. The van der Waals surface area contributed by atoms with Crippen molar-refractivity contribution in [3.8, 4) is 5.75 Å². The van der Waals surface area contributed by atoms with E-state index in [9.17, 15) is 18.0 Å². The van der Waals surface area contributed by atoms with Gasteiger partial charge in [-0.3, -0.25) is 20.4 Å². The van der Waals surface area contributed by atoms with Gasteiger partial charge in [-0.1, -0.05) is 24.3 Å². The molecule has 0 unspecified atom stereocenters. The van der Waals surface area contributed by atoms with E-state index in [0.717, 1.165) is 5.39 Å². The van der Waals surface area contributed by atoms with Crippen LogP contribution < -0.4 is 20.3 Å². The Morgan fingerprint density at radius 3 is 2.45 bits per heavy atom. The number of para-hydroxylation sites is 1. The van der Waals surface area contributed by atoms with Gasteiger partial charge in [0.25, 0.3) is 5.91 Å². The molecule has 0 bridgehead atoms. The molecule has 0 radical (unpaired) electrons. The van der Waals surface area contributed by atoms with Crippen LogP contribution in [0.15, 0.2) is 65.6 Å². The lowest BCUT2D eigenvalue weighted by molar-refractivity contribution is -0.121. The fraction of sp³-hybridized carbons (Fsp3) is 0.190. The highest BCUT2D eigenvalue weighted by atomic mass is 32.2. The lowest BCUT2D eigenvalue weighted by Crippen LogP contribution is -2.43. The van der Waals surface area contributed by atoms with Gasteiger partial charge in [0.2, 0.25) is 15.9 Å². The van der Waals surface area contributed by atoms with Crippen molar-refractivity contribution in [3.63, 3.8) is 0 Å². The molecule has 0 saturated heterocycles. The minimum atomic E-state index is -3.77. The number of nitrogens with zero attached hydrogens (tertiary/aromatic N) is 1. The molecule has 3 N–H and O–H groups in total. The average Bonchev–Trinajstić information content (AvgIpc) is 2.77. The fourth-order valence-corrected chi connectivity index (χ4v) is 3.74. The van der Waals surface area contributed by atoms with Crippen molar-refractivity contribution in [1.29, 1.82) is 0 Å². The molecule has 3 aromatic rings. The number of carbonyl (C=O) groups is 2. The van der Waals surface area contributed by atoms with Crippen LogP contribution in [0, 0.1) is 0 Å². The van der Waals surface area contributed by atoms with Crippen molar-refractivity contribution in [1.82, 2.24) is 20.6 Å². The van der Waals surface area contributed by atoms with Crippen LogP contribution in [0.3, 0.4) is 0 Å². The van der Waals surface area contributed by atoms with Crippen molar-refractivity contribution in [2.75, 3.05) is 13.2 Å². The summed E-state index contributed by atoms with van der Waals surface area (Å²) in [7, 11) is -3.77. The molecule has 9 nitrogen and oxygen atoms in total. The zero-order valence-corrected chi connectivity index (χ0v) is 17.6. The van der Waals surface area contributed by atoms with Crippen LogP contribution in [-0.4, -0.2) is 38.4 Å². The number of ether oxygens (including phenoxy) is 1. The summed E-state index contributed by atoms with van der Waals surface area (Å²) in [6.07, 6.45) is -0.165. The maximum atomic E-state index is 12.3. The van der Waals surface area contributed by atoms with E-state index in [-0.39, 0.29) is 23.6 Å². The molecule has 0 aliphatic carbocycles. The Morgan fingerprint density at radius 1 is 0.968 bits per heavy atom. The van der Waals surface area contributed by atoms with E-state index in [1.54, 1.807) is 30.3 Å². The summed E-state index contributed by atoms with van der Waals surface area (Å²) in [4.78, 5) is 28.4. The van der Waals surface area contributed by atoms with Crippen molar-refractivity contribution >= 4 is 32.7 Å². The third-order valence-electron chi connectivity index (χ3n) is 4.24. The zero-order chi connectivity index (χ0) is 22.3. The second kappa shape index (κ2) is 10.0. The molecule has 0 aliphatic heterocycles. The lowest BCUT2D eigenvalue weighted by atomic mass is 10.2. The smallest absolute Gasteiger partial charge is 0.288 e. The third-order valence-corrected chi connectivity index (χ3v) is 5.71. The molecular weight excluding hydrogens is 420 g/mol. The Morgan fingerprint density at radius 2 is 1.71 bits per heavy atom. The van der Waals surface area contributed by atoms with Crippen molar-refractivity contribution in [2.24, 2.45) is 0 Å². The van der Waals surface area contributed by atoms with E-state index in [1.165, 1.54) is 12.1 Å². The van der Waals surface area contributed by atoms with Gasteiger partial charge in [-0.05, 0) is 43.3 Å². The van der Waals surface area contributed by atoms with Crippen molar-refractivity contribution in [2.45, 2.75) is 18.2 Å². The fourth-order valence-electron chi connectivity index (χ4n) is 2.71. The highest BCUT2D eigenvalue weighted by Gasteiger charge is 2.15. The molecule has 0 saturated carbocycles. The number of aromatic nitrogens is 1. The molecule has 2 amide bonds. The minimum absolute atomic E-state index is 0.0621. The van der Waals surface area contributed by atoms with Crippen LogP contribution >= 0.6 is 0 Å². The summed E-state index contributed by atoms with van der Waals surface area (Å²) in [5, 5.41) is 0.892. The summed E-state index contributed by atoms with van der Waals surface area (Å²) >= 11 is 0. The Kier molecular flexibility index (Phi) is 7.16. The normalized spacial score (nSPS) is 11.1. The summed E-state index contributed by atoms with van der Waals surface area (Å²) in [6.45, 7) is 2.18. The minimum Gasteiger partial charge on any atom is -0.494 e. The Balaban J connectivity index is 1.46. The maximum Gasteiger partial charge on any atom is 0.288 e. The zero-order valence-electron chi connectivity index (χ0n) is 16.8. The first kappa shape index (κ1) is 22.2. The maximum absolute atomic E-state index is 12.3. The van der Waals surface area contributed by atoms with Crippen LogP contribution in [0.5, 0.6) is 5.75 Å². The number of carbonyl (C=O) groups excluding carboxylic acids is 2. The molecule has 0 atom stereocenters. The molecule has 0 spiro atoms. The van der Waals surface area contributed by atoms with Gasteiger partial charge < -0.3 is 4.74 Å². The number of amides is 2. The van der Waals surface area contributed by atoms with E-state index in [4.69, 9.17) is 4.74 Å². The molecule has 1 aromatic heterocycles. The van der Waals surface area contributed by atoms with Gasteiger partial charge in [0, 0.05) is 18.4 Å². The van der Waals surface area contributed by atoms with Gasteiger partial charge in [0.05, 0.1) is 17.0 Å². The van der Waals surface area contributed by atoms with Gasteiger partial charge in [0.1, 0.15) is 11.4 Å². The first-order chi connectivity index (χ1) is 14.9. The number of hydrogen-bond acceptors (Lipinski definition) is 6. The number of pyridine rings is 1. The first-order valence-electron chi connectivity index (χ1n) is 9.56. The average molecular weight is 442 g/mol. The molecule has 10 heteroatoms. The van der Waals surface area contributed by atoms with E-state index in [0.29, 0.717) is 17.9 Å². The number of hydrazine groups is 1. The number of benzene rings is 2. The monoisotopic (exact) mass is 442 g/mol.